The van der Waals surface area contributed by atoms with Crippen LogP contribution in [0.1, 0.15) is 38.3 Å². The lowest BCUT2D eigenvalue weighted by molar-refractivity contribution is -0.141. The molecule has 0 aliphatic rings. The highest BCUT2D eigenvalue weighted by Crippen LogP contribution is 2.37. The number of carbonyl (C=O) groups excluding carboxylic acids is 1. The quantitative estimate of drug-likeness (QED) is 0.217. The molecule has 0 saturated heterocycles. The first-order valence-electron chi connectivity index (χ1n) is 10.3. The first-order valence-corrected chi connectivity index (χ1v) is 10.7. The second kappa shape index (κ2) is 9.38. The molecular formula is C24H15ClF6N4O. The Balaban J connectivity index is 1.76. The molecule has 5 nitrogen and oxygen atoms in total. The van der Waals surface area contributed by atoms with Gasteiger partial charge >= 0.3 is 12.4 Å². The van der Waals surface area contributed by atoms with Gasteiger partial charge in [-0.2, -0.15) is 26.3 Å². The van der Waals surface area contributed by atoms with Crippen LogP contribution in [-0.4, -0.2) is 25.8 Å². The summed E-state index contributed by atoms with van der Waals surface area (Å²) in [5.41, 5.74) is -2.36. The normalized spacial score (nSPS) is 12.1. The summed E-state index contributed by atoms with van der Waals surface area (Å²) in [6.45, 7) is 0.826. The lowest BCUT2D eigenvalue weighted by Gasteiger charge is -2.16. The van der Waals surface area contributed by atoms with Crippen LogP contribution in [-0.2, 0) is 18.9 Å². The van der Waals surface area contributed by atoms with E-state index in [1.165, 1.54) is 31.3 Å². The number of halogens is 7. The van der Waals surface area contributed by atoms with E-state index in [1.54, 1.807) is 18.2 Å². The van der Waals surface area contributed by atoms with Crippen LogP contribution in [0.3, 0.4) is 0 Å². The Morgan fingerprint density at radius 3 is 2.28 bits per heavy atom. The fourth-order valence-electron chi connectivity index (χ4n) is 3.64. The molecular weight excluding hydrogens is 510 g/mol. The zero-order valence-corrected chi connectivity index (χ0v) is 19.1. The Morgan fingerprint density at radius 2 is 1.61 bits per heavy atom. The first kappa shape index (κ1) is 25.4. The molecule has 0 unspecified atom stereocenters. The fourth-order valence-corrected chi connectivity index (χ4v) is 3.86. The van der Waals surface area contributed by atoms with Gasteiger partial charge in [0.05, 0.1) is 34.0 Å². The summed E-state index contributed by atoms with van der Waals surface area (Å²) < 4.78 is 81.0. The van der Waals surface area contributed by atoms with Gasteiger partial charge in [0.2, 0.25) is 0 Å². The summed E-state index contributed by atoms with van der Waals surface area (Å²) in [5, 5.41) is 8.01. The summed E-state index contributed by atoms with van der Waals surface area (Å²) >= 11 is 6.14. The molecule has 0 spiro atoms. The van der Waals surface area contributed by atoms with Gasteiger partial charge in [-0.15, -0.1) is 5.10 Å². The van der Waals surface area contributed by atoms with Crippen LogP contribution in [0.2, 0.25) is 5.02 Å². The van der Waals surface area contributed by atoms with Gasteiger partial charge in [0.15, 0.2) is 5.78 Å². The van der Waals surface area contributed by atoms with Crippen molar-refractivity contribution in [1.82, 2.24) is 20.0 Å². The Kier molecular flexibility index (Phi) is 6.61. The number of benzene rings is 2. The van der Waals surface area contributed by atoms with E-state index >= 15 is 0 Å². The summed E-state index contributed by atoms with van der Waals surface area (Å²) in [5.74, 6) is -0.463. The molecule has 4 aromatic rings. The minimum atomic E-state index is -4.88. The molecule has 0 radical (unpaired) electrons. The van der Waals surface area contributed by atoms with Gasteiger partial charge < -0.3 is 0 Å². The van der Waals surface area contributed by atoms with Crippen molar-refractivity contribution in [3.8, 4) is 11.4 Å². The van der Waals surface area contributed by atoms with Crippen LogP contribution in [0.15, 0.2) is 60.8 Å². The van der Waals surface area contributed by atoms with Gasteiger partial charge in [-0.05, 0) is 55.0 Å². The molecule has 0 bridgehead atoms. The molecule has 186 valence electrons. The van der Waals surface area contributed by atoms with Gasteiger partial charge in [-0.25, -0.2) is 4.68 Å². The zero-order valence-electron chi connectivity index (χ0n) is 18.3. The van der Waals surface area contributed by atoms with E-state index in [0.717, 1.165) is 4.68 Å². The SMILES string of the molecule is Cc1c(-c2ncccc2C(=O)c2ccccc2Cl)nnn1Cc1cc(C(F)(F)F)ccc1C(F)(F)F. The average Bonchev–Trinajstić information content (AvgIpc) is 3.17. The van der Waals surface area contributed by atoms with Crippen molar-refractivity contribution in [3.05, 3.63) is 99.3 Å². The number of nitrogens with zero attached hydrogens (tertiary/aromatic N) is 4. The second-order valence-corrected chi connectivity index (χ2v) is 8.16. The van der Waals surface area contributed by atoms with E-state index < -0.39 is 41.4 Å². The molecule has 2 aromatic carbocycles. The number of alkyl halides is 6. The Hall–Kier alpha value is -3.73. The van der Waals surface area contributed by atoms with E-state index in [2.05, 4.69) is 15.3 Å². The Bertz CT molecular complexity index is 1450. The summed E-state index contributed by atoms with van der Waals surface area (Å²) in [6.07, 6.45) is -8.32. The van der Waals surface area contributed by atoms with Crippen LogP contribution in [0.25, 0.3) is 11.4 Å². The van der Waals surface area contributed by atoms with Crippen molar-refractivity contribution in [2.45, 2.75) is 25.8 Å². The molecule has 4 rings (SSSR count). The monoisotopic (exact) mass is 524 g/mol. The van der Waals surface area contributed by atoms with Gasteiger partial charge in [0.1, 0.15) is 11.4 Å². The third-order valence-corrected chi connectivity index (χ3v) is 5.77. The Labute approximate surface area is 205 Å². The van der Waals surface area contributed by atoms with Gasteiger partial charge in [-0.1, -0.05) is 28.9 Å². The standard InChI is InChI=1S/C24H15ClF6N4O/c1-13-20(21-17(6-4-10-32-21)22(36)16-5-2-3-7-19(16)25)33-34-35(13)12-14-11-15(23(26,27)28)8-9-18(14)24(29,30)31/h2-11H,12H2,1H3. The molecule has 2 aromatic heterocycles. The third-order valence-electron chi connectivity index (χ3n) is 5.44. The molecule has 0 N–H and O–H groups in total. The average molecular weight is 525 g/mol. The van der Waals surface area contributed by atoms with E-state index in [9.17, 15) is 31.1 Å². The number of carbonyl (C=O) groups is 1. The molecule has 2 heterocycles. The van der Waals surface area contributed by atoms with Crippen LogP contribution >= 0.6 is 11.6 Å². The number of rotatable bonds is 5. The highest BCUT2D eigenvalue weighted by molar-refractivity contribution is 6.35. The minimum Gasteiger partial charge on any atom is -0.288 e. The van der Waals surface area contributed by atoms with E-state index in [4.69, 9.17) is 11.6 Å². The van der Waals surface area contributed by atoms with E-state index in [1.807, 2.05) is 0 Å². The van der Waals surface area contributed by atoms with Gasteiger partial charge in [0.25, 0.3) is 0 Å². The molecule has 0 fully saturated rings. The highest BCUT2D eigenvalue weighted by Gasteiger charge is 2.37. The van der Waals surface area contributed by atoms with Crippen LogP contribution in [0.4, 0.5) is 26.3 Å². The lowest BCUT2D eigenvalue weighted by atomic mass is 10.00. The molecule has 0 atom stereocenters. The molecule has 0 aliphatic heterocycles. The van der Waals surface area contributed by atoms with Crippen molar-refractivity contribution in [2.24, 2.45) is 0 Å². The van der Waals surface area contributed by atoms with Crippen molar-refractivity contribution in [3.63, 3.8) is 0 Å². The number of hydrogen-bond donors (Lipinski definition) is 0. The lowest BCUT2D eigenvalue weighted by Crippen LogP contribution is -2.15. The summed E-state index contributed by atoms with van der Waals surface area (Å²) in [4.78, 5) is 17.3. The topological polar surface area (TPSA) is 60.7 Å². The maximum absolute atomic E-state index is 13.5. The molecule has 0 aliphatic carbocycles. The number of aromatic nitrogens is 4. The zero-order chi connectivity index (χ0) is 26.3. The smallest absolute Gasteiger partial charge is 0.288 e. The largest absolute Gasteiger partial charge is 0.416 e. The third kappa shape index (κ3) is 4.97. The van der Waals surface area contributed by atoms with Crippen LogP contribution in [0, 0.1) is 6.92 Å². The van der Waals surface area contributed by atoms with Crippen molar-refractivity contribution >= 4 is 17.4 Å². The molecule has 0 saturated carbocycles. The number of ketones is 1. The molecule has 12 heteroatoms. The highest BCUT2D eigenvalue weighted by atomic mass is 35.5. The minimum absolute atomic E-state index is 0.0894. The predicted molar refractivity (Wildman–Crippen MR) is 118 cm³/mol. The summed E-state index contributed by atoms with van der Waals surface area (Å²) in [6, 6.07) is 10.6. The second-order valence-electron chi connectivity index (χ2n) is 7.76. The van der Waals surface area contributed by atoms with Crippen molar-refractivity contribution < 1.29 is 31.1 Å². The van der Waals surface area contributed by atoms with Gasteiger partial charge in [-0.3, -0.25) is 9.78 Å². The van der Waals surface area contributed by atoms with Crippen molar-refractivity contribution in [1.29, 1.82) is 0 Å². The van der Waals surface area contributed by atoms with Crippen LogP contribution < -0.4 is 0 Å². The molecule has 36 heavy (non-hydrogen) atoms. The van der Waals surface area contributed by atoms with Crippen molar-refractivity contribution in [2.75, 3.05) is 0 Å². The van der Waals surface area contributed by atoms with E-state index in [0.29, 0.717) is 18.2 Å². The predicted octanol–water partition coefficient (Wildman–Crippen LogP) is 6.62. The number of hydrogen-bond acceptors (Lipinski definition) is 4. The van der Waals surface area contributed by atoms with Gasteiger partial charge in [0, 0.05) is 11.8 Å². The maximum atomic E-state index is 13.5. The van der Waals surface area contributed by atoms with E-state index in [-0.39, 0.29) is 33.2 Å². The Morgan fingerprint density at radius 1 is 0.917 bits per heavy atom. The summed E-state index contributed by atoms with van der Waals surface area (Å²) in [7, 11) is 0. The fraction of sp³-hybridized carbons (Fsp3) is 0.167. The number of pyridine rings is 1. The first-order chi connectivity index (χ1) is 16.9. The van der Waals surface area contributed by atoms with Crippen LogP contribution in [0.5, 0.6) is 0 Å². The molecule has 0 amide bonds. The maximum Gasteiger partial charge on any atom is 0.416 e.